The van der Waals surface area contributed by atoms with Crippen molar-refractivity contribution in [2.45, 2.75) is 59.4 Å². The summed E-state index contributed by atoms with van der Waals surface area (Å²) in [6.45, 7) is 10.5. The van der Waals surface area contributed by atoms with Crippen LogP contribution in [0.25, 0.3) is 0 Å². The zero-order valence-electron chi connectivity index (χ0n) is 11.1. The minimum atomic E-state index is 0.383. The first-order valence-corrected chi connectivity index (χ1v) is 6.35. The van der Waals surface area contributed by atoms with Gasteiger partial charge in [-0.3, -0.25) is 0 Å². The first-order valence-electron chi connectivity index (χ1n) is 6.35. The molecule has 0 radical (unpaired) electrons. The molecule has 1 aliphatic carbocycles. The molecule has 0 saturated carbocycles. The van der Waals surface area contributed by atoms with Crippen LogP contribution in [0.2, 0.25) is 0 Å². The van der Waals surface area contributed by atoms with Gasteiger partial charge >= 0.3 is 0 Å². The lowest BCUT2D eigenvalue weighted by molar-refractivity contribution is 0.220. The molecule has 0 fully saturated rings. The number of allylic oxidation sites excluding steroid dienone is 1. The van der Waals surface area contributed by atoms with Gasteiger partial charge in [0.2, 0.25) is 0 Å². The van der Waals surface area contributed by atoms with Crippen molar-refractivity contribution in [3.63, 3.8) is 0 Å². The summed E-state index contributed by atoms with van der Waals surface area (Å²) in [5, 5.41) is 0. The maximum Gasteiger partial charge on any atom is 0.0130 e. The average Bonchev–Trinajstić information content (AvgIpc) is 2.17. The number of hydrogen-bond donors (Lipinski definition) is 0. The fraction of sp³-hybridized carbons (Fsp3) is 0.857. The summed E-state index contributed by atoms with van der Waals surface area (Å²) in [5.74, 6) is 0. The zero-order valence-corrected chi connectivity index (χ0v) is 11.1. The van der Waals surface area contributed by atoms with E-state index in [4.69, 9.17) is 0 Å². The molecule has 0 saturated heterocycles. The lowest BCUT2D eigenvalue weighted by atomic mass is 9.79. The predicted octanol–water partition coefficient (Wildman–Crippen LogP) is 3.85. The van der Waals surface area contributed by atoms with Crippen molar-refractivity contribution in [1.29, 1.82) is 0 Å². The second kappa shape index (κ2) is 5.16. The van der Waals surface area contributed by atoms with Crippen molar-refractivity contribution in [2.75, 3.05) is 13.6 Å². The Morgan fingerprint density at radius 2 is 2.07 bits per heavy atom. The molecule has 88 valence electrons. The van der Waals surface area contributed by atoms with E-state index in [1.807, 2.05) is 0 Å². The molecule has 0 aliphatic heterocycles. The molecule has 0 unspecified atom stereocenters. The summed E-state index contributed by atoms with van der Waals surface area (Å²) in [5.41, 5.74) is 2.04. The van der Waals surface area contributed by atoms with Crippen LogP contribution in [-0.4, -0.2) is 24.5 Å². The van der Waals surface area contributed by atoms with Crippen molar-refractivity contribution in [3.05, 3.63) is 11.6 Å². The molecule has 1 atom stereocenters. The van der Waals surface area contributed by atoms with Gasteiger partial charge in [-0.2, -0.15) is 0 Å². The van der Waals surface area contributed by atoms with Crippen LogP contribution in [0.15, 0.2) is 11.6 Å². The maximum atomic E-state index is 2.52. The van der Waals surface area contributed by atoms with Gasteiger partial charge in [-0.1, -0.05) is 39.3 Å². The van der Waals surface area contributed by atoms with Gasteiger partial charge in [-0.15, -0.1) is 0 Å². The van der Waals surface area contributed by atoms with Crippen LogP contribution < -0.4 is 0 Å². The van der Waals surface area contributed by atoms with Gasteiger partial charge in [0.1, 0.15) is 0 Å². The monoisotopic (exact) mass is 209 g/mol. The molecule has 0 spiro atoms. The minimum absolute atomic E-state index is 0.383. The smallest absolute Gasteiger partial charge is 0.0130 e. The SMILES string of the molecule is CCCN(C)[C@H]1CC=C(C(C)(C)C)CC1. The minimum Gasteiger partial charge on any atom is -0.303 e. The topological polar surface area (TPSA) is 3.24 Å². The molecule has 1 nitrogen and oxygen atoms in total. The van der Waals surface area contributed by atoms with E-state index < -0.39 is 0 Å². The number of rotatable bonds is 3. The third-order valence-corrected chi connectivity index (χ3v) is 3.55. The summed E-state index contributed by atoms with van der Waals surface area (Å²) in [7, 11) is 2.27. The Morgan fingerprint density at radius 3 is 2.47 bits per heavy atom. The summed E-state index contributed by atoms with van der Waals surface area (Å²) in [6, 6.07) is 0.788. The van der Waals surface area contributed by atoms with E-state index in [1.54, 1.807) is 5.57 Å². The van der Waals surface area contributed by atoms with E-state index in [2.05, 4.69) is 45.7 Å². The largest absolute Gasteiger partial charge is 0.303 e. The fourth-order valence-corrected chi connectivity index (χ4v) is 2.44. The van der Waals surface area contributed by atoms with Crippen LogP contribution in [0.1, 0.15) is 53.4 Å². The van der Waals surface area contributed by atoms with Gasteiger partial charge in [-0.05, 0) is 44.7 Å². The van der Waals surface area contributed by atoms with E-state index in [9.17, 15) is 0 Å². The van der Waals surface area contributed by atoms with Crippen molar-refractivity contribution < 1.29 is 0 Å². The van der Waals surface area contributed by atoms with Crippen LogP contribution in [0.5, 0.6) is 0 Å². The second-order valence-corrected chi connectivity index (χ2v) is 5.89. The average molecular weight is 209 g/mol. The van der Waals surface area contributed by atoms with Crippen LogP contribution in [0.4, 0.5) is 0 Å². The van der Waals surface area contributed by atoms with Crippen LogP contribution in [0, 0.1) is 5.41 Å². The van der Waals surface area contributed by atoms with Gasteiger partial charge in [0.15, 0.2) is 0 Å². The molecule has 1 rings (SSSR count). The molecule has 1 heteroatoms. The maximum absolute atomic E-state index is 2.52. The van der Waals surface area contributed by atoms with Crippen LogP contribution in [0.3, 0.4) is 0 Å². The van der Waals surface area contributed by atoms with Crippen molar-refractivity contribution in [1.82, 2.24) is 4.90 Å². The zero-order chi connectivity index (χ0) is 11.5. The Bertz CT molecular complexity index is 222. The lowest BCUT2D eigenvalue weighted by Gasteiger charge is -2.34. The highest BCUT2D eigenvalue weighted by Gasteiger charge is 2.23. The predicted molar refractivity (Wildman–Crippen MR) is 68.1 cm³/mol. The van der Waals surface area contributed by atoms with Gasteiger partial charge < -0.3 is 4.90 Å². The highest BCUT2D eigenvalue weighted by molar-refractivity contribution is 5.14. The van der Waals surface area contributed by atoms with E-state index in [1.165, 1.54) is 32.2 Å². The van der Waals surface area contributed by atoms with Crippen molar-refractivity contribution in [3.8, 4) is 0 Å². The molecule has 1 aliphatic rings. The molecule has 0 bridgehead atoms. The van der Waals surface area contributed by atoms with Gasteiger partial charge in [0, 0.05) is 6.04 Å². The quantitative estimate of drug-likeness (QED) is 0.638. The first kappa shape index (κ1) is 12.8. The first-order chi connectivity index (χ1) is 6.95. The van der Waals surface area contributed by atoms with E-state index in [0.29, 0.717) is 5.41 Å². The molecule has 0 heterocycles. The Kier molecular flexibility index (Phi) is 4.39. The summed E-state index contributed by atoms with van der Waals surface area (Å²) < 4.78 is 0. The van der Waals surface area contributed by atoms with E-state index >= 15 is 0 Å². The summed E-state index contributed by atoms with van der Waals surface area (Å²) in [4.78, 5) is 2.52. The van der Waals surface area contributed by atoms with Crippen molar-refractivity contribution in [2.24, 2.45) is 5.41 Å². The Balaban J connectivity index is 2.51. The van der Waals surface area contributed by atoms with Gasteiger partial charge in [0.25, 0.3) is 0 Å². The Hall–Kier alpha value is -0.300. The van der Waals surface area contributed by atoms with Crippen LogP contribution in [-0.2, 0) is 0 Å². The lowest BCUT2D eigenvalue weighted by Crippen LogP contribution is -2.34. The molecule has 0 amide bonds. The second-order valence-electron chi connectivity index (χ2n) is 5.89. The van der Waals surface area contributed by atoms with Crippen LogP contribution >= 0.6 is 0 Å². The fourth-order valence-electron chi connectivity index (χ4n) is 2.44. The van der Waals surface area contributed by atoms with Crippen molar-refractivity contribution >= 4 is 0 Å². The summed E-state index contributed by atoms with van der Waals surface area (Å²) >= 11 is 0. The van der Waals surface area contributed by atoms with Gasteiger partial charge in [0.05, 0.1) is 0 Å². The van der Waals surface area contributed by atoms with Gasteiger partial charge in [-0.25, -0.2) is 0 Å². The highest BCUT2D eigenvalue weighted by atomic mass is 15.1. The number of hydrogen-bond acceptors (Lipinski definition) is 1. The third-order valence-electron chi connectivity index (χ3n) is 3.55. The Labute approximate surface area is 95.5 Å². The number of nitrogens with zero attached hydrogens (tertiary/aromatic N) is 1. The van der Waals surface area contributed by atoms with E-state index in [0.717, 1.165) is 6.04 Å². The third kappa shape index (κ3) is 3.64. The molecule has 0 aromatic rings. The highest BCUT2D eigenvalue weighted by Crippen LogP contribution is 2.34. The standard InChI is InChI=1S/C14H27N/c1-6-11-15(5)13-9-7-12(8-10-13)14(2,3)4/h7,13H,6,8-11H2,1-5H3/t13-/m0/s1. The Morgan fingerprint density at radius 1 is 1.40 bits per heavy atom. The molecular formula is C14H27N. The molecule has 0 aromatic heterocycles. The molecule has 0 N–H and O–H groups in total. The van der Waals surface area contributed by atoms with E-state index in [-0.39, 0.29) is 0 Å². The molecule has 15 heavy (non-hydrogen) atoms. The molecule has 0 aromatic carbocycles. The molecular weight excluding hydrogens is 182 g/mol. The summed E-state index contributed by atoms with van der Waals surface area (Å²) in [6.07, 6.45) is 7.65. The normalized spacial score (nSPS) is 23.1.